The van der Waals surface area contributed by atoms with E-state index in [9.17, 15) is 0 Å². The summed E-state index contributed by atoms with van der Waals surface area (Å²) in [6.45, 7) is 0. The van der Waals surface area contributed by atoms with Crippen LogP contribution in [0.5, 0.6) is 0 Å². The molecule has 0 aliphatic heterocycles. The molecular formula is C2H6Y2-2. The number of hydrogen-bond acceptors (Lipinski definition) is 0. The first-order valence-corrected chi connectivity index (χ1v) is 0. The maximum absolute atomic E-state index is 0. The minimum absolute atomic E-state index is 0. The van der Waals surface area contributed by atoms with Gasteiger partial charge in [-0.2, -0.15) is 0 Å². The summed E-state index contributed by atoms with van der Waals surface area (Å²) in [4.78, 5) is 0. The second-order valence-corrected chi connectivity index (χ2v) is 0. The first-order chi connectivity index (χ1) is 0. The van der Waals surface area contributed by atoms with Crippen molar-refractivity contribution in [2.75, 3.05) is 0 Å². The summed E-state index contributed by atoms with van der Waals surface area (Å²) in [5.41, 5.74) is 0. The normalized spacial score (nSPS) is 0. The summed E-state index contributed by atoms with van der Waals surface area (Å²) in [5, 5.41) is 0. The molecule has 0 amide bonds. The predicted octanol–water partition coefficient (Wildman–Crippen LogP) is 0.896. The molecule has 0 rings (SSSR count). The molecule has 0 aliphatic carbocycles. The Labute approximate surface area is 78.9 Å². The summed E-state index contributed by atoms with van der Waals surface area (Å²) in [5.74, 6) is 0. The molecule has 0 aliphatic rings. The summed E-state index contributed by atoms with van der Waals surface area (Å²) in [6.07, 6.45) is 0. The van der Waals surface area contributed by atoms with E-state index in [2.05, 4.69) is 0 Å². The number of hydrogen-bond donors (Lipinski definition) is 0. The van der Waals surface area contributed by atoms with Gasteiger partial charge in [0.25, 0.3) is 0 Å². The van der Waals surface area contributed by atoms with Gasteiger partial charge in [0.05, 0.1) is 0 Å². The fourth-order valence-electron chi connectivity index (χ4n) is 0. The molecule has 0 saturated heterocycles. The van der Waals surface area contributed by atoms with E-state index in [1.807, 2.05) is 0 Å². The van der Waals surface area contributed by atoms with Crippen LogP contribution in [0.4, 0.5) is 0 Å². The molecule has 0 nitrogen and oxygen atoms in total. The van der Waals surface area contributed by atoms with Gasteiger partial charge in [0.1, 0.15) is 0 Å². The fraction of sp³-hybridized carbons (Fsp3) is 0. The van der Waals surface area contributed by atoms with Crippen LogP contribution >= 0.6 is 0 Å². The molecule has 0 aromatic carbocycles. The van der Waals surface area contributed by atoms with Crippen LogP contribution < -0.4 is 0 Å². The Bertz CT molecular complexity index is 4.00. The fourth-order valence-corrected chi connectivity index (χ4v) is 0. The van der Waals surface area contributed by atoms with Gasteiger partial charge in [0.15, 0.2) is 0 Å². The quantitative estimate of drug-likeness (QED) is 0.518. The van der Waals surface area contributed by atoms with E-state index in [1.54, 1.807) is 0 Å². The monoisotopic (exact) mass is 208 g/mol. The SMILES string of the molecule is [CH3-].[CH3-].[Y].[Y]. The smallest absolute Gasteiger partial charge is 0 e. The zero-order chi connectivity index (χ0) is 0. The van der Waals surface area contributed by atoms with Gasteiger partial charge >= 0.3 is 0 Å². The van der Waals surface area contributed by atoms with Crippen LogP contribution in [-0.2, 0) is 65.4 Å². The molecule has 4 heavy (non-hydrogen) atoms. The van der Waals surface area contributed by atoms with Crippen molar-refractivity contribution >= 4 is 0 Å². The van der Waals surface area contributed by atoms with Gasteiger partial charge in [0.2, 0.25) is 0 Å². The Morgan fingerprint density at radius 3 is 0.500 bits per heavy atom. The Morgan fingerprint density at radius 2 is 0.500 bits per heavy atom. The van der Waals surface area contributed by atoms with Crippen molar-refractivity contribution in [3.8, 4) is 0 Å². The van der Waals surface area contributed by atoms with Crippen molar-refractivity contribution in [1.29, 1.82) is 0 Å². The largest absolute Gasteiger partial charge is 0.358 e. The summed E-state index contributed by atoms with van der Waals surface area (Å²) >= 11 is 0. The molecule has 0 saturated carbocycles. The minimum atomic E-state index is 0. The topological polar surface area (TPSA) is 0 Å². The maximum atomic E-state index is 0. The molecule has 2 heteroatoms. The van der Waals surface area contributed by atoms with Crippen molar-refractivity contribution < 1.29 is 65.4 Å². The average molecular weight is 208 g/mol. The van der Waals surface area contributed by atoms with Crippen molar-refractivity contribution in [2.24, 2.45) is 0 Å². The van der Waals surface area contributed by atoms with Crippen LogP contribution in [0.2, 0.25) is 0 Å². The van der Waals surface area contributed by atoms with Crippen LogP contribution in [0.3, 0.4) is 0 Å². The van der Waals surface area contributed by atoms with Crippen LogP contribution in [0.1, 0.15) is 0 Å². The maximum Gasteiger partial charge on any atom is 0 e. The molecule has 0 unspecified atom stereocenters. The predicted molar refractivity (Wildman–Crippen MR) is 12.8 cm³/mol. The summed E-state index contributed by atoms with van der Waals surface area (Å²) in [7, 11) is 0. The van der Waals surface area contributed by atoms with Crippen LogP contribution in [-0.4, -0.2) is 0 Å². The van der Waals surface area contributed by atoms with Gasteiger partial charge in [0, 0.05) is 65.4 Å². The molecule has 0 aromatic heterocycles. The summed E-state index contributed by atoms with van der Waals surface area (Å²) < 4.78 is 0. The zero-order valence-corrected chi connectivity index (χ0v) is 8.83. The minimum Gasteiger partial charge on any atom is -0.358 e. The van der Waals surface area contributed by atoms with E-state index < -0.39 is 0 Å². The third-order valence-electron chi connectivity index (χ3n) is 0. The molecule has 0 aromatic rings. The van der Waals surface area contributed by atoms with E-state index in [0.717, 1.165) is 0 Å². The van der Waals surface area contributed by atoms with Crippen LogP contribution in [0.25, 0.3) is 0 Å². The van der Waals surface area contributed by atoms with Gasteiger partial charge in [-0.05, 0) is 0 Å². The van der Waals surface area contributed by atoms with Crippen molar-refractivity contribution in [3.05, 3.63) is 14.9 Å². The Morgan fingerprint density at radius 1 is 0.500 bits per heavy atom. The molecule has 0 bridgehead atoms. The van der Waals surface area contributed by atoms with Gasteiger partial charge in [-0.3, -0.25) is 0 Å². The molecule has 22 valence electrons. The Kier molecular flexibility index (Phi) is 163. The Hall–Kier alpha value is 2.21. The van der Waals surface area contributed by atoms with Crippen molar-refractivity contribution in [2.45, 2.75) is 0 Å². The second kappa shape index (κ2) is 18.9. The molecule has 2 radical (unpaired) electrons. The third kappa shape index (κ3) is 8.88. The Balaban J connectivity index is 0. The van der Waals surface area contributed by atoms with E-state index in [4.69, 9.17) is 0 Å². The van der Waals surface area contributed by atoms with E-state index in [1.165, 1.54) is 0 Å². The van der Waals surface area contributed by atoms with Gasteiger partial charge < -0.3 is 14.9 Å². The first-order valence-electron chi connectivity index (χ1n) is 0. The second-order valence-electron chi connectivity index (χ2n) is 0. The van der Waals surface area contributed by atoms with E-state index in [0.29, 0.717) is 0 Å². The van der Waals surface area contributed by atoms with Crippen molar-refractivity contribution in [3.63, 3.8) is 0 Å². The summed E-state index contributed by atoms with van der Waals surface area (Å²) in [6, 6.07) is 0. The average Bonchev–Trinajstić information content (AvgIpc) is 0. The third-order valence-corrected chi connectivity index (χ3v) is 0. The molecule has 0 N–H and O–H groups in total. The number of rotatable bonds is 0. The van der Waals surface area contributed by atoms with E-state index in [-0.39, 0.29) is 80.3 Å². The molecule has 0 spiro atoms. The molecular weight excluding hydrogens is 202 g/mol. The first kappa shape index (κ1) is 34.5. The molecule has 0 atom stereocenters. The van der Waals surface area contributed by atoms with Gasteiger partial charge in [-0.1, -0.05) is 0 Å². The van der Waals surface area contributed by atoms with E-state index >= 15 is 0 Å². The van der Waals surface area contributed by atoms with Gasteiger partial charge in [-0.25, -0.2) is 0 Å². The molecule has 0 heterocycles. The van der Waals surface area contributed by atoms with Gasteiger partial charge in [-0.15, -0.1) is 0 Å². The zero-order valence-electron chi connectivity index (χ0n) is 3.15. The van der Waals surface area contributed by atoms with Crippen LogP contribution in [0.15, 0.2) is 0 Å². The molecule has 0 fully saturated rings. The van der Waals surface area contributed by atoms with Crippen molar-refractivity contribution in [1.82, 2.24) is 0 Å². The standard InChI is InChI=1S/2CH3.2Y/h2*1H3;;/q2*-1;;. The van der Waals surface area contributed by atoms with Crippen LogP contribution in [0, 0.1) is 14.9 Å².